The average Bonchev–Trinajstić information content (AvgIpc) is 2.82. The first-order valence-electron chi connectivity index (χ1n) is 6.18. The highest BCUT2D eigenvalue weighted by Gasteiger charge is 2.38. The summed E-state index contributed by atoms with van der Waals surface area (Å²) >= 11 is 0. The summed E-state index contributed by atoms with van der Waals surface area (Å²) in [6.07, 6.45) is -2.36. The van der Waals surface area contributed by atoms with Gasteiger partial charge in [0.1, 0.15) is 6.54 Å². The second-order valence-corrected chi connectivity index (χ2v) is 4.67. The Hall–Kier alpha value is -1.64. The van der Waals surface area contributed by atoms with Gasteiger partial charge >= 0.3 is 6.18 Å². The summed E-state index contributed by atoms with van der Waals surface area (Å²) in [4.78, 5) is 13.0. The lowest BCUT2D eigenvalue weighted by Gasteiger charge is -2.34. The van der Waals surface area contributed by atoms with Crippen LogP contribution in [0.2, 0.25) is 0 Å². The smallest absolute Gasteiger partial charge is 0.381 e. The van der Waals surface area contributed by atoms with Crippen molar-refractivity contribution < 1.29 is 22.7 Å². The van der Waals surface area contributed by atoms with Crippen molar-refractivity contribution in [2.45, 2.75) is 25.1 Å². The molecule has 0 radical (unpaired) electrons. The second kappa shape index (κ2) is 5.78. The number of aromatic nitrogens is 3. The number of hydrogen-bond acceptors (Lipinski definition) is 4. The third kappa shape index (κ3) is 3.69. The molecule has 0 aromatic carbocycles. The van der Waals surface area contributed by atoms with E-state index in [0.29, 0.717) is 26.1 Å². The number of carbonyl (C=O) groups is 1. The summed E-state index contributed by atoms with van der Waals surface area (Å²) in [6.45, 7) is -0.577. The van der Waals surface area contributed by atoms with Gasteiger partial charge in [-0.25, -0.2) is 0 Å². The molecule has 1 aliphatic heterocycles. The van der Waals surface area contributed by atoms with Crippen molar-refractivity contribution in [3.63, 3.8) is 0 Å². The molecule has 2 heterocycles. The summed E-state index contributed by atoms with van der Waals surface area (Å²) < 4.78 is 44.4. The molecule has 0 spiro atoms. The molecule has 1 aromatic rings. The Morgan fingerprint density at radius 1 is 1.50 bits per heavy atom. The molecule has 0 atom stereocenters. The highest BCUT2D eigenvalue weighted by Crippen LogP contribution is 2.23. The molecule has 2 rings (SSSR count). The second-order valence-electron chi connectivity index (χ2n) is 4.67. The first-order chi connectivity index (χ1) is 9.37. The molecule has 0 bridgehead atoms. The largest absolute Gasteiger partial charge is 0.406 e. The topological polar surface area (TPSA) is 60.2 Å². The number of aryl methyl sites for hydroxylation is 1. The predicted molar refractivity (Wildman–Crippen MR) is 61.9 cm³/mol. The van der Waals surface area contributed by atoms with Crippen molar-refractivity contribution >= 4 is 5.91 Å². The van der Waals surface area contributed by atoms with E-state index >= 15 is 0 Å². The minimum atomic E-state index is -4.45. The summed E-state index contributed by atoms with van der Waals surface area (Å²) in [5, 5.41) is 7.16. The predicted octanol–water partition coefficient (Wildman–Crippen LogP) is 0.999. The summed E-state index contributed by atoms with van der Waals surface area (Å²) in [5.74, 6) is -0.748. The number of halogens is 3. The van der Waals surface area contributed by atoms with Crippen LogP contribution in [-0.2, 0) is 11.8 Å². The molecule has 9 heteroatoms. The fourth-order valence-electron chi connectivity index (χ4n) is 2.15. The van der Waals surface area contributed by atoms with E-state index < -0.39 is 24.7 Å². The highest BCUT2D eigenvalue weighted by atomic mass is 19.4. The van der Waals surface area contributed by atoms with Crippen LogP contribution in [-0.4, -0.2) is 57.8 Å². The monoisotopic (exact) mass is 292 g/mol. The molecule has 0 aliphatic carbocycles. The molecule has 112 valence electrons. The van der Waals surface area contributed by atoms with Gasteiger partial charge in [-0.1, -0.05) is 5.21 Å². The quantitative estimate of drug-likeness (QED) is 0.834. The first kappa shape index (κ1) is 14.8. The van der Waals surface area contributed by atoms with Gasteiger partial charge in [0.05, 0.1) is 6.20 Å². The van der Waals surface area contributed by atoms with Crippen molar-refractivity contribution in [2.75, 3.05) is 19.8 Å². The molecule has 20 heavy (non-hydrogen) atoms. The standard InChI is InChI=1S/C11H15F3N4O2/c1-17-6-9(15-16-17)10(19)18(7-11(12,13)14)8-2-4-20-5-3-8/h6,8H,2-5,7H2,1H3. The van der Waals surface area contributed by atoms with Gasteiger partial charge in [-0.2, -0.15) is 13.2 Å². The van der Waals surface area contributed by atoms with E-state index in [-0.39, 0.29) is 5.69 Å². The van der Waals surface area contributed by atoms with Crippen molar-refractivity contribution in [3.05, 3.63) is 11.9 Å². The van der Waals surface area contributed by atoms with Gasteiger partial charge in [-0.05, 0) is 12.8 Å². The fraction of sp³-hybridized carbons (Fsp3) is 0.727. The lowest BCUT2D eigenvalue weighted by molar-refractivity contribution is -0.147. The van der Waals surface area contributed by atoms with Gasteiger partial charge in [0.25, 0.3) is 5.91 Å². The van der Waals surface area contributed by atoms with E-state index in [1.807, 2.05) is 0 Å². The van der Waals surface area contributed by atoms with Gasteiger partial charge < -0.3 is 9.64 Å². The number of hydrogen-bond donors (Lipinski definition) is 0. The molecular weight excluding hydrogens is 277 g/mol. The van der Waals surface area contributed by atoms with Crippen molar-refractivity contribution in [1.29, 1.82) is 0 Å². The highest BCUT2D eigenvalue weighted by molar-refractivity contribution is 5.92. The molecule has 1 amide bonds. The Labute approximate surface area is 113 Å². The van der Waals surface area contributed by atoms with Crippen LogP contribution in [0.15, 0.2) is 6.20 Å². The summed E-state index contributed by atoms with van der Waals surface area (Å²) in [7, 11) is 1.55. The van der Waals surface area contributed by atoms with E-state index in [1.54, 1.807) is 7.05 Å². The molecular formula is C11H15F3N4O2. The van der Waals surface area contributed by atoms with Gasteiger partial charge in [0, 0.05) is 26.3 Å². The maximum atomic E-state index is 12.7. The first-order valence-corrected chi connectivity index (χ1v) is 6.18. The Bertz CT molecular complexity index is 468. The van der Waals surface area contributed by atoms with E-state index in [2.05, 4.69) is 10.3 Å². The number of carbonyl (C=O) groups excluding carboxylic acids is 1. The third-order valence-corrected chi connectivity index (χ3v) is 3.06. The summed E-state index contributed by atoms with van der Waals surface area (Å²) in [5.41, 5.74) is -0.0803. The zero-order valence-corrected chi connectivity index (χ0v) is 10.9. The van der Waals surface area contributed by atoms with Gasteiger partial charge in [-0.15, -0.1) is 5.10 Å². The average molecular weight is 292 g/mol. The minimum absolute atomic E-state index is 0.0803. The van der Waals surface area contributed by atoms with Crippen LogP contribution in [0.3, 0.4) is 0 Å². The van der Waals surface area contributed by atoms with E-state index in [1.165, 1.54) is 10.9 Å². The fourth-order valence-corrected chi connectivity index (χ4v) is 2.15. The summed E-state index contributed by atoms with van der Waals surface area (Å²) in [6, 6.07) is -0.486. The van der Waals surface area contributed by atoms with Crippen LogP contribution in [0.5, 0.6) is 0 Å². The van der Waals surface area contributed by atoms with E-state index in [4.69, 9.17) is 4.74 Å². The van der Waals surface area contributed by atoms with Crippen molar-refractivity contribution in [2.24, 2.45) is 7.05 Å². The van der Waals surface area contributed by atoms with Crippen LogP contribution in [0.1, 0.15) is 23.3 Å². The van der Waals surface area contributed by atoms with E-state index in [9.17, 15) is 18.0 Å². The van der Waals surface area contributed by atoms with E-state index in [0.717, 1.165) is 4.90 Å². The van der Waals surface area contributed by atoms with Crippen LogP contribution >= 0.6 is 0 Å². The zero-order chi connectivity index (χ0) is 14.8. The molecule has 0 unspecified atom stereocenters. The third-order valence-electron chi connectivity index (χ3n) is 3.06. The lowest BCUT2D eigenvalue weighted by Crippen LogP contribution is -2.48. The van der Waals surface area contributed by atoms with Crippen molar-refractivity contribution in [1.82, 2.24) is 19.9 Å². The molecule has 1 fully saturated rings. The Kier molecular flexibility index (Phi) is 4.26. The Morgan fingerprint density at radius 3 is 2.65 bits per heavy atom. The molecule has 0 N–H and O–H groups in total. The molecule has 0 saturated carbocycles. The van der Waals surface area contributed by atoms with Crippen LogP contribution < -0.4 is 0 Å². The zero-order valence-electron chi connectivity index (χ0n) is 10.9. The maximum Gasteiger partial charge on any atom is 0.406 e. The number of nitrogens with zero attached hydrogens (tertiary/aromatic N) is 4. The normalized spacial score (nSPS) is 17.2. The van der Waals surface area contributed by atoms with Gasteiger partial charge in [0.2, 0.25) is 0 Å². The van der Waals surface area contributed by atoms with Crippen molar-refractivity contribution in [3.8, 4) is 0 Å². The number of alkyl halides is 3. The number of ether oxygens (including phenoxy) is 1. The molecule has 6 nitrogen and oxygen atoms in total. The maximum absolute atomic E-state index is 12.7. The van der Waals surface area contributed by atoms with Crippen LogP contribution in [0.25, 0.3) is 0 Å². The SMILES string of the molecule is Cn1cc(C(=O)N(CC(F)(F)F)C2CCOCC2)nn1. The lowest BCUT2D eigenvalue weighted by atomic mass is 10.1. The van der Waals surface area contributed by atoms with Gasteiger partial charge in [0.15, 0.2) is 5.69 Å². The molecule has 1 saturated heterocycles. The number of rotatable bonds is 3. The Morgan fingerprint density at radius 2 is 2.15 bits per heavy atom. The van der Waals surface area contributed by atoms with Crippen LogP contribution in [0.4, 0.5) is 13.2 Å². The number of amides is 1. The molecule has 1 aromatic heterocycles. The van der Waals surface area contributed by atoms with Gasteiger partial charge in [-0.3, -0.25) is 9.48 Å². The minimum Gasteiger partial charge on any atom is -0.381 e. The Balaban J connectivity index is 2.18. The molecule has 1 aliphatic rings. The van der Waals surface area contributed by atoms with Crippen LogP contribution in [0, 0.1) is 0 Å².